The third-order valence-corrected chi connectivity index (χ3v) is 3.20. The van der Waals surface area contributed by atoms with E-state index in [4.69, 9.17) is 11.6 Å². The Labute approximate surface area is 130 Å². The van der Waals surface area contributed by atoms with Crippen LogP contribution >= 0.6 is 24.0 Å². The Hall–Kier alpha value is -0.840. The van der Waals surface area contributed by atoms with E-state index in [1.54, 1.807) is 24.1 Å². The molecule has 1 rings (SSSR count). The smallest absolute Gasteiger partial charge is 0.224 e. The van der Waals surface area contributed by atoms with Gasteiger partial charge in [0.25, 0.3) is 0 Å². The number of nitrogens with zero attached hydrogens (tertiary/aromatic N) is 1. The molecule has 0 atom stereocenters. The van der Waals surface area contributed by atoms with E-state index >= 15 is 0 Å². The molecule has 0 heterocycles. The van der Waals surface area contributed by atoms with Crippen molar-refractivity contribution in [1.29, 1.82) is 0 Å². The van der Waals surface area contributed by atoms with Crippen LogP contribution < -0.4 is 5.32 Å². The maximum absolute atomic E-state index is 13.7. The molecule has 0 unspecified atom stereocenters. The molecule has 0 saturated heterocycles. The standard InChI is InChI=1S/C14H20ClFN2O.ClH/c1-3-9-18(14(19)7-8-17-2)10-11-12(15)5-4-6-13(11)16;/h4-6,17H,3,7-10H2,1-2H3;1H. The molecule has 1 N–H and O–H groups in total. The van der Waals surface area contributed by atoms with Crippen molar-refractivity contribution >= 4 is 29.9 Å². The molecule has 0 bridgehead atoms. The van der Waals surface area contributed by atoms with Gasteiger partial charge in [0, 0.05) is 36.6 Å². The van der Waals surface area contributed by atoms with Gasteiger partial charge in [-0.3, -0.25) is 4.79 Å². The highest BCUT2D eigenvalue weighted by atomic mass is 35.5. The molecule has 20 heavy (non-hydrogen) atoms. The molecule has 0 aliphatic rings. The first-order valence-corrected chi connectivity index (χ1v) is 6.83. The van der Waals surface area contributed by atoms with Gasteiger partial charge < -0.3 is 10.2 Å². The fourth-order valence-electron chi connectivity index (χ4n) is 1.83. The molecule has 1 aromatic carbocycles. The average molecular weight is 323 g/mol. The highest BCUT2D eigenvalue weighted by Crippen LogP contribution is 2.21. The minimum atomic E-state index is -0.366. The lowest BCUT2D eigenvalue weighted by Gasteiger charge is -2.23. The zero-order valence-electron chi connectivity index (χ0n) is 11.8. The Kier molecular flexibility index (Phi) is 9.55. The van der Waals surface area contributed by atoms with Crippen LogP contribution in [0.1, 0.15) is 25.3 Å². The number of halogens is 3. The van der Waals surface area contributed by atoms with E-state index in [2.05, 4.69) is 5.32 Å². The van der Waals surface area contributed by atoms with E-state index in [0.717, 1.165) is 6.42 Å². The Morgan fingerprint density at radius 1 is 1.45 bits per heavy atom. The summed E-state index contributed by atoms with van der Waals surface area (Å²) in [6, 6.07) is 4.57. The van der Waals surface area contributed by atoms with E-state index in [-0.39, 0.29) is 30.7 Å². The first-order valence-electron chi connectivity index (χ1n) is 6.45. The molecule has 3 nitrogen and oxygen atoms in total. The second-order valence-electron chi connectivity index (χ2n) is 4.37. The second kappa shape index (κ2) is 9.97. The quantitative estimate of drug-likeness (QED) is 0.835. The van der Waals surface area contributed by atoms with Gasteiger partial charge >= 0.3 is 0 Å². The van der Waals surface area contributed by atoms with Crippen molar-refractivity contribution in [2.24, 2.45) is 0 Å². The van der Waals surface area contributed by atoms with Gasteiger partial charge in [-0.1, -0.05) is 24.6 Å². The van der Waals surface area contributed by atoms with Gasteiger partial charge in [-0.2, -0.15) is 0 Å². The summed E-state index contributed by atoms with van der Waals surface area (Å²) >= 11 is 5.99. The van der Waals surface area contributed by atoms with Gasteiger partial charge in [-0.25, -0.2) is 4.39 Å². The van der Waals surface area contributed by atoms with Crippen LogP contribution in [0, 0.1) is 5.82 Å². The summed E-state index contributed by atoms with van der Waals surface area (Å²) in [5.74, 6) is -0.356. The van der Waals surface area contributed by atoms with Crippen LogP contribution in [0.3, 0.4) is 0 Å². The van der Waals surface area contributed by atoms with E-state index < -0.39 is 0 Å². The van der Waals surface area contributed by atoms with Crippen LogP contribution in [-0.4, -0.2) is 30.9 Å². The van der Waals surface area contributed by atoms with Gasteiger partial charge in [0.05, 0.1) is 0 Å². The molecular formula is C14H21Cl2FN2O. The van der Waals surface area contributed by atoms with Crippen LogP contribution in [0.25, 0.3) is 0 Å². The third kappa shape index (κ3) is 5.65. The predicted octanol–water partition coefficient (Wildman–Crippen LogP) is 3.25. The number of rotatable bonds is 7. The SMILES string of the molecule is CCCN(Cc1c(F)cccc1Cl)C(=O)CCNC.Cl. The maximum Gasteiger partial charge on any atom is 0.224 e. The number of carbonyl (C=O) groups is 1. The monoisotopic (exact) mass is 322 g/mol. The number of nitrogens with one attached hydrogen (secondary N) is 1. The van der Waals surface area contributed by atoms with Gasteiger partial charge in [0.15, 0.2) is 0 Å². The van der Waals surface area contributed by atoms with Gasteiger partial charge in [0.2, 0.25) is 5.91 Å². The largest absolute Gasteiger partial charge is 0.338 e. The first-order chi connectivity index (χ1) is 9.10. The van der Waals surface area contributed by atoms with Crippen molar-refractivity contribution in [3.63, 3.8) is 0 Å². The molecule has 1 amide bonds. The summed E-state index contributed by atoms with van der Waals surface area (Å²) < 4.78 is 13.7. The molecule has 114 valence electrons. The van der Waals surface area contributed by atoms with Crippen molar-refractivity contribution < 1.29 is 9.18 Å². The second-order valence-corrected chi connectivity index (χ2v) is 4.78. The molecule has 0 spiro atoms. The molecule has 0 aliphatic carbocycles. The van der Waals surface area contributed by atoms with Gasteiger partial charge in [0.1, 0.15) is 5.82 Å². The first kappa shape index (κ1) is 19.2. The lowest BCUT2D eigenvalue weighted by atomic mass is 10.2. The zero-order valence-corrected chi connectivity index (χ0v) is 13.4. The van der Waals surface area contributed by atoms with Crippen molar-refractivity contribution in [2.45, 2.75) is 26.3 Å². The van der Waals surface area contributed by atoms with E-state index in [1.165, 1.54) is 6.07 Å². The lowest BCUT2D eigenvalue weighted by Crippen LogP contribution is -2.33. The Morgan fingerprint density at radius 3 is 2.70 bits per heavy atom. The Balaban J connectivity index is 0.00000361. The summed E-state index contributed by atoms with van der Waals surface area (Å²) in [7, 11) is 1.80. The highest BCUT2D eigenvalue weighted by Gasteiger charge is 2.16. The maximum atomic E-state index is 13.7. The van der Waals surface area contributed by atoms with E-state index in [0.29, 0.717) is 30.1 Å². The summed E-state index contributed by atoms with van der Waals surface area (Å²) in [4.78, 5) is 13.7. The normalized spacial score (nSPS) is 10.0. The minimum absolute atomic E-state index is 0. The van der Waals surface area contributed by atoms with Gasteiger partial charge in [-0.05, 0) is 25.6 Å². The molecule has 0 radical (unpaired) electrons. The van der Waals surface area contributed by atoms with Gasteiger partial charge in [-0.15, -0.1) is 12.4 Å². The van der Waals surface area contributed by atoms with Crippen molar-refractivity contribution in [2.75, 3.05) is 20.1 Å². The predicted molar refractivity (Wildman–Crippen MR) is 82.9 cm³/mol. The number of benzene rings is 1. The van der Waals surface area contributed by atoms with E-state index in [9.17, 15) is 9.18 Å². The number of carbonyl (C=O) groups excluding carboxylic acids is 1. The zero-order chi connectivity index (χ0) is 14.3. The highest BCUT2D eigenvalue weighted by molar-refractivity contribution is 6.31. The summed E-state index contributed by atoms with van der Waals surface area (Å²) in [5, 5.41) is 3.30. The fraction of sp³-hybridized carbons (Fsp3) is 0.500. The van der Waals surface area contributed by atoms with Crippen LogP contribution in [0.2, 0.25) is 5.02 Å². The average Bonchev–Trinajstić information content (AvgIpc) is 2.39. The topological polar surface area (TPSA) is 32.3 Å². The van der Waals surface area contributed by atoms with Crippen LogP contribution in [-0.2, 0) is 11.3 Å². The lowest BCUT2D eigenvalue weighted by molar-refractivity contribution is -0.131. The number of amides is 1. The van der Waals surface area contributed by atoms with Crippen LogP contribution in [0.4, 0.5) is 4.39 Å². The Bertz CT molecular complexity index is 409. The fourth-order valence-corrected chi connectivity index (χ4v) is 2.05. The summed E-state index contributed by atoms with van der Waals surface area (Å²) in [6.45, 7) is 3.43. The Morgan fingerprint density at radius 2 is 2.15 bits per heavy atom. The third-order valence-electron chi connectivity index (χ3n) is 2.85. The summed E-state index contributed by atoms with van der Waals surface area (Å²) in [5.41, 5.74) is 0.385. The number of hydrogen-bond acceptors (Lipinski definition) is 2. The number of hydrogen-bond donors (Lipinski definition) is 1. The van der Waals surface area contributed by atoms with Crippen molar-refractivity contribution in [1.82, 2.24) is 10.2 Å². The van der Waals surface area contributed by atoms with Crippen LogP contribution in [0.5, 0.6) is 0 Å². The molecule has 0 aromatic heterocycles. The molecule has 0 aliphatic heterocycles. The van der Waals surface area contributed by atoms with Crippen molar-refractivity contribution in [3.8, 4) is 0 Å². The van der Waals surface area contributed by atoms with E-state index in [1.807, 2.05) is 6.92 Å². The molecule has 6 heteroatoms. The molecule has 0 fully saturated rings. The van der Waals surface area contributed by atoms with Crippen molar-refractivity contribution in [3.05, 3.63) is 34.6 Å². The van der Waals surface area contributed by atoms with Crippen LogP contribution in [0.15, 0.2) is 18.2 Å². The molecule has 0 saturated carbocycles. The molecular weight excluding hydrogens is 302 g/mol. The molecule has 1 aromatic rings. The minimum Gasteiger partial charge on any atom is -0.338 e. The summed E-state index contributed by atoms with van der Waals surface area (Å²) in [6.07, 6.45) is 1.24.